The van der Waals surface area contributed by atoms with Crippen LogP contribution < -0.4 is 14.8 Å². The number of rotatable bonds is 7. The lowest BCUT2D eigenvalue weighted by atomic mass is 10.1. The predicted octanol–water partition coefficient (Wildman–Crippen LogP) is 3.41. The van der Waals surface area contributed by atoms with E-state index in [9.17, 15) is 9.59 Å². The summed E-state index contributed by atoms with van der Waals surface area (Å²) in [6.07, 6.45) is 5.27. The van der Waals surface area contributed by atoms with Gasteiger partial charge >= 0.3 is 0 Å². The summed E-state index contributed by atoms with van der Waals surface area (Å²) >= 11 is 0. The van der Waals surface area contributed by atoms with Gasteiger partial charge in [0.1, 0.15) is 11.5 Å². The van der Waals surface area contributed by atoms with Crippen LogP contribution in [-0.2, 0) is 4.79 Å². The molecule has 2 aromatic carbocycles. The highest BCUT2D eigenvalue weighted by Crippen LogP contribution is 2.25. The van der Waals surface area contributed by atoms with Crippen molar-refractivity contribution in [1.29, 1.82) is 0 Å². The Bertz CT molecular complexity index is 917. The van der Waals surface area contributed by atoms with Gasteiger partial charge in [-0.25, -0.2) is 0 Å². The van der Waals surface area contributed by atoms with Gasteiger partial charge in [-0.3, -0.25) is 14.5 Å². The fourth-order valence-electron chi connectivity index (χ4n) is 4.48. The van der Waals surface area contributed by atoms with Gasteiger partial charge in [0, 0.05) is 49.5 Å². The molecule has 0 unspecified atom stereocenters. The van der Waals surface area contributed by atoms with Crippen LogP contribution in [0.5, 0.6) is 11.5 Å². The first-order chi connectivity index (χ1) is 15.6. The van der Waals surface area contributed by atoms with Crippen LogP contribution in [0.15, 0.2) is 48.5 Å². The third-order valence-electron chi connectivity index (χ3n) is 6.27. The zero-order valence-corrected chi connectivity index (χ0v) is 18.6. The molecule has 2 amide bonds. The van der Waals surface area contributed by atoms with Crippen LogP contribution in [0, 0.1) is 0 Å². The summed E-state index contributed by atoms with van der Waals surface area (Å²) in [5.74, 6) is 1.01. The van der Waals surface area contributed by atoms with Crippen LogP contribution >= 0.6 is 0 Å². The molecule has 0 radical (unpaired) electrons. The zero-order chi connectivity index (χ0) is 22.3. The Morgan fingerprint density at radius 1 is 0.969 bits per heavy atom. The average Bonchev–Trinajstić information content (AvgIpc) is 3.38. The minimum atomic E-state index is -0.265. The summed E-state index contributed by atoms with van der Waals surface area (Å²) in [6.45, 7) is 3.35. The van der Waals surface area contributed by atoms with E-state index in [0.29, 0.717) is 28.8 Å². The minimum Gasteiger partial charge on any atom is -0.497 e. The highest BCUT2D eigenvalue weighted by Gasteiger charge is 2.28. The van der Waals surface area contributed by atoms with Crippen molar-refractivity contribution in [2.45, 2.75) is 31.7 Å². The summed E-state index contributed by atoms with van der Waals surface area (Å²) in [7, 11) is 1.58. The fourth-order valence-corrected chi connectivity index (χ4v) is 4.48. The minimum absolute atomic E-state index is 0.0541. The van der Waals surface area contributed by atoms with E-state index in [4.69, 9.17) is 9.47 Å². The molecule has 32 heavy (non-hydrogen) atoms. The molecular weight excluding hydrogens is 406 g/mol. The smallest absolute Gasteiger partial charge is 0.262 e. The lowest BCUT2D eigenvalue weighted by molar-refractivity contribution is -0.118. The molecule has 1 aliphatic carbocycles. The zero-order valence-electron chi connectivity index (χ0n) is 18.6. The Hall–Kier alpha value is -3.06. The number of benzene rings is 2. The van der Waals surface area contributed by atoms with Crippen molar-refractivity contribution in [3.05, 3.63) is 54.1 Å². The normalized spacial score (nSPS) is 17.2. The van der Waals surface area contributed by atoms with E-state index in [1.807, 2.05) is 11.0 Å². The summed E-state index contributed by atoms with van der Waals surface area (Å²) in [5, 5.41) is 2.77. The number of methoxy groups -OCH3 is 1. The van der Waals surface area contributed by atoms with Crippen LogP contribution in [0.1, 0.15) is 36.0 Å². The molecule has 2 aromatic rings. The number of hydrogen-bond donors (Lipinski definition) is 1. The SMILES string of the molecule is COc1cccc(NC(=O)COc2ccc(C(=O)N3CCN(C4CCCC4)CC3)cc2)c1. The molecule has 1 saturated carbocycles. The Morgan fingerprint density at radius 2 is 1.69 bits per heavy atom. The van der Waals surface area contributed by atoms with Crippen molar-refractivity contribution < 1.29 is 19.1 Å². The van der Waals surface area contributed by atoms with Crippen molar-refractivity contribution in [2.24, 2.45) is 0 Å². The van der Waals surface area contributed by atoms with Crippen molar-refractivity contribution in [1.82, 2.24) is 9.80 Å². The van der Waals surface area contributed by atoms with Gasteiger partial charge in [-0.2, -0.15) is 0 Å². The second kappa shape index (κ2) is 10.5. The van der Waals surface area contributed by atoms with E-state index < -0.39 is 0 Å². The number of carbonyl (C=O) groups excluding carboxylic acids is 2. The van der Waals surface area contributed by atoms with Gasteiger partial charge in [0.25, 0.3) is 11.8 Å². The Kier molecular flexibility index (Phi) is 7.27. The van der Waals surface area contributed by atoms with Crippen LogP contribution in [0.3, 0.4) is 0 Å². The van der Waals surface area contributed by atoms with Crippen molar-refractivity contribution >= 4 is 17.5 Å². The molecule has 0 aromatic heterocycles. The first-order valence-electron chi connectivity index (χ1n) is 11.3. The third-order valence-corrected chi connectivity index (χ3v) is 6.27. The summed E-state index contributed by atoms with van der Waals surface area (Å²) < 4.78 is 10.7. The van der Waals surface area contributed by atoms with E-state index in [1.165, 1.54) is 25.7 Å². The Balaban J connectivity index is 1.23. The number of nitrogens with zero attached hydrogens (tertiary/aromatic N) is 2. The van der Waals surface area contributed by atoms with Gasteiger partial charge in [0.15, 0.2) is 6.61 Å². The van der Waals surface area contributed by atoms with E-state index in [2.05, 4.69) is 10.2 Å². The number of nitrogens with one attached hydrogen (secondary N) is 1. The number of amides is 2. The average molecular weight is 438 g/mol. The van der Waals surface area contributed by atoms with Gasteiger partial charge in [-0.1, -0.05) is 18.9 Å². The second-order valence-electron chi connectivity index (χ2n) is 8.36. The highest BCUT2D eigenvalue weighted by atomic mass is 16.5. The third kappa shape index (κ3) is 5.59. The maximum atomic E-state index is 12.9. The fraction of sp³-hybridized carbons (Fsp3) is 0.440. The summed E-state index contributed by atoms with van der Waals surface area (Å²) in [6, 6.07) is 14.9. The topological polar surface area (TPSA) is 71.1 Å². The van der Waals surface area contributed by atoms with Crippen LogP contribution in [0.2, 0.25) is 0 Å². The lowest BCUT2D eigenvalue weighted by Gasteiger charge is -2.38. The van der Waals surface area contributed by atoms with Crippen LogP contribution in [0.25, 0.3) is 0 Å². The monoisotopic (exact) mass is 437 g/mol. The van der Waals surface area contributed by atoms with Gasteiger partial charge < -0.3 is 19.7 Å². The molecule has 0 bridgehead atoms. The van der Waals surface area contributed by atoms with Crippen LogP contribution in [0.4, 0.5) is 5.69 Å². The van der Waals surface area contributed by atoms with Gasteiger partial charge in [-0.05, 0) is 49.2 Å². The number of anilines is 1. The Labute approximate surface area is 189 Å². The molecule has 4 rings (SSSR count). The Morgan fingerprint density at radius 3 is 2.38 bits per heavy atom. The molecule has 1 aliphatic heterocycles. The molecule has 7 nitrogen and oxygen atoms in total. The van der Waals surface area contributed by atoms with E-state index in [1.54, 1.807) is 49.6 Å². The van der Waals surface area contributed by atoms with Crippen molar-refractivity contribution in [3.8, 4) is 11.5 Å². The van der Waals surface area contributed by atoms with Crippen molar-refractivity contribution in [3.63, 3.8) is 0 Å². The largest absolute Gasteiger partial charge is 0.497 e. The molecule has 1 heterocycles. The predicted molar refractivity (Wildman–Crippen MR) is 123 cm³/mol. The van der Waals surface area contributed by atoms with E-state index >= 15 is 0 Å². The number of hydrogen-bond acceptors (Lipinski definition) is 5. The molecule has 1 saturated heterocycles. The number of piperazine rings is 1. The first kappa shape index (κ1) is 22.1. The molecule has 0 atom stereocenters. The van der Waals surface area contributed by atoms with E-state index in [-0.39, 0.29) is 18.4 Å². The van der Waals surface area contributed by atoms with Crippen molar-refractivity contribution in [2.75, 3.05) is 45.2 Å². The van der Waals surface area contributed by atoms with Crippen LogP contribution in [-0.4, -0.2) is 67.6 Å². The summed E-state index contributed by atoms with van der Waals surface area (Å²) in [4.78, 5) is 29.5. The first-order valence-corrected chi connectivity index (χ1v) is 11.3. The second-order valence-corrected chi connectivity index (χ2v) is 8.36. The molecule has 2 aliphatic rings. The van der Waals surface area contributed by atoms with Gasteiger partial charge in [-0.15, -0.1) is 0 Å². The molecule has 170 valence electrons. The summed E-state index contributed by atoms with van der Waals surface area (Å²) in [5.41, 5.74) is 1.29. The van der Waals surface area contributed by atoms with Gasteiger partial charge in [0.05, 0.1) is 7.11 Å². The van der Waals surface area contributed by atoms with E-state index in [0.717, 1.165) is 26.2 Å². The number of carbonyl (C=O) groups is 2. The maximum Gasteiger partial charge on any atom is 0.262 e. The standard InChI is InChI=1S/C25H31N3O4/c1-31-23-8-4-5-20(17-23)26-24(29)18-32-22-11-9-19(10-12-22)25(30)28-15-13-27(14-16-28)21-6-2-3-7-21/h4-5,8-12,17,21H,2-3,6-7,13-16,18H2,1H3,(H,26,29). The molecule has 7 heteroatoms. The maximum absolute atomic E-state index is 12.9. The lowest BCUT2D eigenvalue weighted by Crippen LogP contribution is -2.51. The molecular formula is C25H31N3O4. The quantitative estimate of drug-likeness (QED) is 0.719. The molecule has 2 fully saturated rings. The number of ether oxygens (including phenoxy) is 2. The molecule has 0 spiro atoms. The molecule has 1 N–H and O–H groups in total. The van der Waals surface area contributed by atoms with Gasteiger partial charge in [0.2, 0.25) is 0 Å². The highest BCUT2D eigenvalue weighted by molar-refractivity contribution is 5.94.